The average molecular weight is 935 g/mol. The fourth-order valence-electron chi connectivity index (χ4n) is 7.99. The van der Waals surface area contributed by atoms with E-state index in [1.54, 1.807) is 0 Å². The smallest absolute Gasteiger partial charge is 0.335 e. The highest BCUT2D eigenvalue weighted by Crippen LogP contribution is 2.36. The minimum absolute atomic E-state index is 0.678. The quantitative estimate of drug-likeness (QED) is 0.0719. The van der Waals surface area contributed by atoms with Crippen LogP contribution in [0.2, 0.25) is 0 Å². The van der Waals surface area contributed by atoms with Gasteiger partial charge in [-0.05, 0) is 27.7 Å². The van der Waals surface area contributed by atoms with Crippen LogP contribution in [0.3, 0.4) is 0 Å². The van der Waals surface area contributed by atoms with Crippen LogP contribution < -0.4 is 10.6 Å². The molecule has 5 aliphatic rings. The van der Waals surface area contributed by atoms with E-state index < -0.39 is 191 Å². The molecule has 5 aliphatic heterocycles. The molecule has 0 bridgehead atoms. The third-order valence-corrected chi connectivity index (χ3v) is 11.6. The van der Waals surface area contributed by atoms with Gasteiger partial charge in [0.2, 0.25) is 11.8 Å². The van der Waals surface area contributed by atoms with Gasteiger partial charge in [-0.1, -0.05) is 0 Å². The number of aliphatic hydroxyl groups excluding tert-OH is 12. The lowest BCUT2D eigenvalue weighted by atomic mass is 9.95. The van der Waals surface area contributed by atoms with Crippen molar-refractivity contribution < 1.29 is 123 Å². The maximum atomic E-state index is 12.3. The number of rotatable bonds is 14. The van der Waals surface area contributed by atoms with Gasteiger partial charge in [-0.25, -0.2) is 4.79 Å². The summed E-state index contributed by atoms with van der Waals surface area (Å²) in [6.45, 7) is 5.54. The molecule has 5 rings (SSSR count). The number of amides is 2. The molecule has 26 atom stereocenters. The number of hydrogen-bond donors (Lipinski definition) is 14. The highest BCUT2D eigenvalue weighted by atomic mass is 16.8. The van der Waals surface area contributed by atoms with E-state index in [0.29, 0.717) is 0 Å². The average Bonchev–Trinajstić information content (AvgIpc) is 3.23. The maximum Gasteiger partial charge on any atom is 0.335 e. The van der Waals surface area contributed by atoms with Crippen LogP contribution in [-0.2, 0) is 61.8 Å². The molecule has 27 nitrogen and oxygen atoms in total. The molecule has 27 heteroatoms. The SMILES string of the molecule is CC(=O)N[C@@H]1[C@@H](O[C@@H]2O[C@@H](C)[C@H](O)[C@@H](O[C@@H]3O[C@@H](C)[C@H](O)[C@@H](O)[C@H]3O[C@@H]3O[C@@H](C)[C@H](O)[C@@H](O)[C@H]3O[C@@H]3O[C@H](CO)[C@@H](OC(=O)[C@H](C)O)[C@H](O)[C@H]3NC(C)=O)[C@H]2O)[C@H](O)[C@@H](CO)O[C@H]1O. The Morgan fingerprint density at radius 1 is 0.500 bits per heavy atom. The molecular weight excluding hydrogens is 872 g/mol. The van der Waals surface area contributed by atoms with Crippen molar-refractivity contribution in [3.63, 3.8) is 0 Å². The summed E-state index contributed by atoms with van der Waals surface area (Å²) >= 11 is 0. The van der Waals surface area contributed by atoms with Crippen LogP contribution in [0.5, 0.6) is 0 Å². The first-order chi connectivity index (χ1) is 30.0. The van der Waals surface area contributed by atoms with Gasteiger partial charge in [0.05, 0.1) is 31.5 Å². The van der Waals surface area contributed by atoms with Crippen molar-refractivity contribution >= 4 is 17.8 Å². The highest BCUT2D eigenvalue weighted by molar-refractivity contribution is 5.74. The molecule has 14 N–H and O–H groups in total. The van der Waals surface area contributed by atoms with Gasteiger partial charge in [0, 0.05) is 13.8 Å². The van der Waals surface area contributed by atoms with E-state index in [1.807, 2.05) is 0 Å². The summed E-state index contributed by atoms with van der Waals surface area (Å²) in [4.78, 5) is 36.6. The zero-order valence-electron chi connectivity index (χ0n) is 35.6. The van der Waals surface area contributed by atoms with E-state index in [0.717, 1.165) is 20.8 Å². The Balaban J connectivity index is 1.42. The predicted octanol–water partition coefficient (Wildman–Crippen LogP) is -8.62. The van der Waals surface area contributed by atoms with Gasteiger partial charge < -0.3 is 119 Å². The molecule has 0 radical (unpaired) electrons. The lowest BCUT2D eigenvalue weighted by molar-refractivity contribution is -0.398. The minimum Gasteiger partial charge on any atom is -0.455 e. The molecule has 0 aromatic rings. The summed E-state index contributed by atoms with van der Waals surface area (Å²) in [6, 6.07) is -3.10. The Kier molecular flexibility index (Phi) is 18.2. The minimum atomic E-state index is -2.00. The fourth-order valence-corrected chi connectivity index (χ4v) is 7.99. The second kappa shape index (κ2) is 22.1. The van der Waals surface area contributed by atoms with Crippen molar-refractivity contribution in [3.05, 3.63) is 0 Å². The molecule has 370 valence electrons. The van der Waals surface area contributed by atoms with Crippen LogP contribution in [-0.4, -0.2) is 252 Å². The lowest BCUT2D eigenvalue weighted by Crippen LogP contribution is -2.69. The molecule has 5 saturated heterocycles. The fraction of sp³-hybridized carbons (Fsp3) is 0.919. The van der Waals surface area contributed by atoms with Crippen molar-refractivity contribution in [2.24, 2.45) is 0 Å². The second-order valence-electron chi connectivity index (χ2n) is 16.5. The number of hydrogen-bond acceptors (Lipinski definition) is 25. The van der Waals surface area contributed by atoms with Gasteiger partial charge in [-0.2, -0.15) is 0 Å². The molecule has 0 saturated carbocycles. The van der Waals surface area contributed by atoms with Crippen molar-refractivity contribution in [2.75, 3.05) is 13.2 Å². The normalized spacial score (nSPS) is 48.2. The van der Waals surface area contributed by atoms with Crippen LogP contribution in [0.25, 0.3) is 0 Å². The molecule has 0 spiro atoms. The third kappa shape index (κ3) is 11.5. The van der Waals surface area contributed by atoms with E-state index in [-0.39, 0.29) is 0 Å². The topological polar surface area (TPSA) is 410 Å². The Bertz CT molecular complexity index is 1550. The Labute approximate surface area is 365 Å². The molecule has 5 fully saturated rings. The van der Waals surface area contributed by atoms with Gasteiger partial charge in [0.1, 0.15) is 104 Å². The van der Waals surface area contributed by atoms with E-state index in [2.05, 4.69) is 10.6 Å². The van der Waals surface area contributed by atoms with Crippen molar-refractivity contribution in [2.45, 2.75) is 201 Å². The molecule has 0 aliphatic carbocycles. The third-order valence-electron chi connectivity index (χ3n) is 11.6. The Morgan fingerprint density at radius 3 is 1.45 bits per heavy atom. The molecule has 0 aromatic heterocycles. The molecule has 0 unspecified atom stereocenters. The number of nitrogens with one attached hydrogen (secondary N) is 2. The van der Waals surface area contributed by atoms with Crippen LogP contribution in [0, 0.1) is 0 Å². The number of aliphatic hydroxyl groups is 12. The van der Waals surface area contributed by atoms with Crippen molar-refractivity contribution in [1.82, 2.24) is 10.6 Å². The second-order valence-corrected chi connectivity index (χ2v) is 16.5. The van der Waals surface area contributed by atoms with E-state index in [9.17, 15) is 75.7 Å². The zero-order valence-corrected chi connectivity index (χ0v) is 35.6. The standard InChI is InChI=1S/C37H62N2O25/c1-9(42)32(53)60-27-16(8-41)59-34(17(23(27)49)38-13(5)43)63-30-24(50)19(45)11(3)57-37(30)64-31-25(51)20(46)10(2)56-36(31)62-29-21(47)12(4)55-35(26(29)52)61-28-18(39-14(6)44)33(54)58-15(7-40)22(28)48/h9-12,15-31,33-37,40-42,45-52,54H,7-8H2,1-6H3,(H,38,43)(H,39,44)/t9-,10-,11-,12-,15+,16+,17+,18+,19-,20-,21-,22+,23+,24+,25+,26+,27+,28+,29+,30+,31+,33+,34-,35-,36-,37-/m0/s1. The van der Waals surface area contributed by atoms with Crippen LogP contribution >= 0.6 is 0 Å². The number of ether oxygens (including phenoxy) is 10. The van der Waals surface area contributed by atoms with E-state index in [4.69, 9.17) is 47.4 Å². The number of carbonyl (C=O) groups is 3. The van der Waals surface area contributed by atoms with Crippen LogP contribution in [0.15, 0.2) is 0 Å². The molecule has 5 heterocycles. The van der Waals surface area contributed by atoms with Gasteiger partial charge >= 0.3 is 5.97 Å². The molecular formula is C37H62N2O25. The van der Waals surface area contributed by atoms with Crippen molar-refractivity contribution in [1.29, 1.82) is 0 Å². The van der Waals surface area contributed by atoms with Crippen LogP contribution in [0.4, 0.5) is 0 Å². The lowest BCUT2D eigenvalue weighted by Gasteiger charge is -2.50. The summed E-state index contributed by atoms with van der Waals surface area (Å²) in [6.07, 6.45) is -41.0. The van der Waals surface area contributed by atoms with Crippen molar-refractivity contribution in [3.8, 4) is 0 Å². The summed E-state index contributed by atoms with van der Waals surface area (Å²) in [5.74, 6) is -2.65. The van der Waals surface area contributed by atoms with Gasteiger partial charge in [0.25, 0.3) is 0 Å². The summed E-state index contributed by atoms with van der Waals surface area (Å²) in [5, 5.41) is 135. The first-order valence-corrected chi connectivity index (χ1v) is 20.7. The van der Waals surface area contributed by atoms with E-state index in [1.165, 1.54) is 20.8 Å². The maximum absolute atomic E-state index is 12.3. The zero-order chi connectivity index (χ0) is 47.6. The van der Waals surface area contributed by atoms with Gasteiger partial charge in [0.15, 0.2) is 37.6 Å². The Morgan fingerprint density at radius 2 is 0.953 bits per heavy atom. The summed E-state index contributed by atoms with van der Waals surface area (Å²) in [7, 11) is 0. The first-order valence-electron chi connectivity index (χ1n) is 20.7. The Hall–Kier alpha value is -2.43. The largest absolute Gasteiger partial charge is 0.455 e. The van der Waals surface area contributed by atoms with E-state index >= 15 is 0 Å². The van der Waals surface area contributed by atoms with Gasteiger partial charge in [-0.3, -0.25) is 9.59 Å². The number of carbonyl (C=O) groups excluding carboxylic acids is 3. The molecule has 64 heavy (non-hydrogen) atoms. The predicted molar refractivity (Wildman–Crippen MR) is 201 cm³/mol. The number of esters is 1. The monoisotopic (exact) mass is 934 g/mol. The van der Waals surface area contributed by atoms with Gasteiger partial charge in [-0.15, -0.1) is 0 Å². The first kappa shape index (κ1) is 52.5. The summed E-state index contributed by atoms with van der Waals surface area (Å²) in [5.41, 5.74) is 0. The van der Waals surface area contributed by atoms with Crippen LogP contribution in [0.1, 0.15) is 41.5 Å². The molecule has 2 amide bonds. The molecule has 0 aromatic carbocycles. The highest BCUT2D eigenvalue weighted by Gasteiger charge is 2.57. The summed E-state index contributed by atoms with van der Waals surface area (Å²) < 4.78 is 57.6.